The molecule has 1 N–H and O–H groups in total. The fraction of sp³-hybridized carbons (Fsp3) is 0.500. The van der Waals surface area contributed by atoms with Crippen molar-refractivity contribution < 1.29 is 0 Å². The van der Waals surface area contributed by atoms with Crippen LogP contribution in [0, 0.1) is 27.7 Å². The normalized spacial score (nSPS) is 10.9. The van der Waals surface area contributed by atoms with Gasteiger partial charge in [-0.2, -0.15) is 5.10 Å². The van der Waals surface area contributed by atoms with Crippen molar-refractivity contribution >= 4 is 17.4 Å². The van der Waals surface area contributed by atoms with E-state index in [1.54, 1.807) is 4.68 Å². The van der Waals surface area contributed by atoms with E-state index in [0.717, 1.165) is 41.6 Å². The summed E-state index contributed by atoms with van der Waals surface area (Å²) in [5, 5.41) is 8.48. The molecule has 2 aromatic rings. The van der Waals surface area contributed by atoms with Gasteiger partial charge in [0.15, 0.2) is 5.82 Å². The van der Waals surface area contributed by atoms with Crippen LogP contribution in [0.4, 0.5) is 5.82 Å². The van der Waals surface area contributed by atoms with Gasteiger partial charge in [-0.25, -0.2) is 14.6 Å². The summed E-state index contributed by atoms with van der Waals surface area (Å²) in [6.45, 7) is 10.7. The minimum Gasteiger partial charge on any atom is -0.370 e. The maximum absolute atomic E-state index is 6.22. The highest BCUT2D eigenvalue weighted by atomic mass is 35.5. The lowest BCUT2D eigenvalue weighted by atomic mass is 10.3. The van der Waals surface area contributed by atoms with Crippen LogP contribution in [0.15, 0.2) is 0 Å². The molecular formula is C14H20ClN5. The zero-order valence-corrected chi connectivity index (χ0v) is 13.3. The van der Waals surface area contributed by atoms with Gasteiger partial charge in [-0.3, -0.25) is 0 Å². The van der Waals surface area contributed by atoms with Crippen LogP contribution in [-0.4, -0.2) is 26.3 Å². The van der Waals surface area contributed by atoms with E-state index >= 15 is 0 Å². The first kappa shape index (κ1) is 14.8. The summed E-state index contributed by atoms with van der Waals surface area (Å²) in [4.78, 5) is 8.98. The number of nitrogens with zero attached hydrogens (tertiary/aromatic N) is 4. The molecule has 0 saturated heterocycles. The van der Waals surface area contributed by atoms with Gasteiger partial charge >= 0.3 is 0 Å². The number of aromatic nitrogens is 4. The Bertz CT molecular complexity index is 633. The SMILES string of the molecule is CCCNc1nc(C)nc(-n2nc(C)c(Cl)c2C)c1C. The van der Waals surface area contributed by atoms with Gasteiger partial charge in [0.2, 0.25) is 0 Å². The lowest BCUT2D eigenvalue weighted by Gasteiger charge is -2.13. The Morgan fingerprint density at radius 1 is 1.15 bits per heavy atom. The summed E-state index contributed by atoms with van der Waals surface area (Å²) in [6, 6.07) is 0. The predicted octanol–water partition coefficient (Wildman–Crippen LogP) is 3.37. The van der Waals surface area contributed by atoms with Gasteiger partial charge in [0, 0.05) is 12.1 Å². The highest BCUT2D eigenvalue weighted by Gasteiger charge is 2.16. The molecule has 2 aromatic heterocycles. The Morgan fingerprint density at radius 2 is 1.85 bits per heavy atom. The summed E-state index contributed by atoms with van der Waals surface area (Å²) < 4.78 is 1.79. The van der Waals surface area contributed by atoms with Gasteiger partial charge in [0.25, 0.3) is 0 Å². The second-order valence-electron chi connectivity index (χ2n) is 4.89. The number of hydrogen-bond acceptors (Lipinski definition) is 4. The van der Waals surface area contributed by atoms with Crippen molar-refractivity contribution in [1.29, 1.82) is 0 Å². The summed E-state index contributed by atoms with van der Waals surface area (Å²) in [5.41, 5.74) is 2.68. The van der Waals surface area contributed by atoms with Crippen LogP contribution in [-0.2, 0) is 0 Å². The minimum atomic E-state index is 0.684. The molecule has 0 aliphatic carbocycles. The lowest BCUT2D eigenvalue weighted by molar-refractivity contribution is 0.783. The maximum atomic E-state index is 6.22. The van der Waals surface area contributed by atoms with Crippen molar-refractivity contribution in [2.75, 3.05) is 11.9 Å². The molecule has 0 fully saturated rings. The number of rotatable bonds is 4. The number of hydrogen-bond donors (Lipinski definition) is 1. The molecule has 0 spiro atoms. The largest absolute Gasteiger partial charge is 0.370 e. The van der Waals surface area contributed by atoms with Crippen LogP contribution < -0.4 is 5.32 Å². The molecule has 5 nitrogen and oxygen atoms in total. The van der Waals surface area contributed by atoms with Gasteiger partial charge in [0.1, 0.15) is 11.6 Å². The van der Waals surface area contributed by atoms with Crippen LogP contribution in [0.3, 0.4) is 0 Å². The van der Waals surface area contributed by atoms with E-state index in [0.29, 0.717) is 10.8 Å². The topological polar surface area (TPSA) is 55.6 Å². The number of halogens is 1. The van der Waals surface area contributed by atoms with Crippen molar-refractivity contribution in [3.8, 4) is 5.82 Å². The van der Waals surface area contributed by atoms with Crippen molar-refractivity contribution in [3.05, 3.63) is 27.8 Å². The van der Waals surface area contributed by atoms with E-state index < -0.39 is 0 Å². The van der Waals surface area contributed by atoms with Crippen molar-refractivity contribution in [2.45, 2.75) is 41.0 Å². The summed E-state index contributed by atoms with van der Waals surface area (Å²) in [6.07, 6.45) is 1.05. The van der Waals surface area contributed by atoms with Crippen LogP contribution in [0.5, 0.6) is 0 Å². The Kier molecular flexibility index (Phi) is 4.28. The van der Waals surface area contributed by atoms with E-state index in [1.165, 1.54) is 0 Å². The molecule has 2 heterocycles. The summed E-state index contributed by atoms with van der Waals surface area (Å²) in [7, 11) is 0. The Labute approximate surface area is 124 Å². The van der Waals surface area contributed by atoms with E-state index in [1.807, 2.05) is 27.7 Å². The fourth-order valence-electron chi connectivity index (χ4n) is 2.07. The molecule has 6 heteroatoms. The lowest BCUT2D eigenvalue weighted by Crippen LogP contribution is -2.12. The Balaban J connectivity index is 2.56. The number of nitrogens with one attached hydrogen (secondary N) is 1. The third-order valence-electron chi connectivity index (χ3n) is 3.18. The first-order chi connectivity index (χ1) is 9.45. The molecule has 0 radical (unpaired) electrons. The number of aryl methyl sites for hydroxylation is 2. The molecule has 0 aliphatic rings. The van der Waals surface area contributed by atoms with Gasteiger partial charge < -0.3 is 5.32 Å². The molecule has 20 heavy (non-hydrogen) atoms. The molecule has 2 rings (SSSR count). The van der Waals surface area contributed by atoms with Crippen molar-refractivity contribution in [2.24, 2.45) is 0 Å². The predicted molar refractivity (Wildman–Crippen MR) is 81.9 cm³/mol. The first-order valence-corrected chi connectivity index (χ1v) is 7.14. The van der Waals surface area contributed by atoms with Crippen LogP contribution in [0.1, 0.15) is 36.1 Å². The molecule has 0 bridgehead atoms. The standard InChI is InChI=1S/C14H20ClN5/c1-6-7-16-13-8(2)14(18-11(5)17-13)20-10(4)12(15)9(3)19-20/h6-7H2,1-5H3,(H,16,17,18). The first-order valence-electron chi connectivity index (χ1n) is 6.76. The van der Waals surface area contributed by atoms with E-state index in [4.69, 9.17) is 11.6 Å². The summed E-state index contributed by atoms with van der Waals surface area (Å²) in [5.74, 6) is 2.36. The molecule has 0 aliphatic heterocycles. The van der Waals surface area contributed by atoms with Crippen LogP contribution in [0.25, 0.3) is 5.82 Å². The Morgan fingerprint density at radius 3 is 2.40 bits per heavy atom. The van der Waals surface area contributed by atoms with Crippen LogP contribution >= 0.6 is 11.6 Å². The van der Waals surface area contributed by atoms with Crippen LogP contribution in [0.2, 0.25) is 5.02 Å². The van der Waals surface area contributed by atoms with Gasteiger partial charge in [-0.05, 0) is 34.1 Å². The van der Waals surface area contributed by atoms with E-state index in [-0.39, 0.29) is 0 Å². The van der Waals surface area contributed by atoms with Gasteiger partial charge in [0.05, 0.1) is 16.4 Å². The van der Waals surface area contributed by atoms with E-state index in [2.05, 4.69) is 27.3 Å². The van der Waals surface area contributed by atoms with Gasteiger partial charge in [-0.15, -0.1) is 0 Å². The zero-order chi connectivity index (χ0) is 14.9. The number of anilines is 1. The van der Waals surface area contributed by atoms with Crippen molar-refractivity contribution in [3.63, 3.8) is 0 Å². The third kappa shape index (κ3) is 2.63. The fourth-order valence-corrected chi connectivity index (χ4v) is 2.18. The maximum Gasteiger partial charge on any atom is 0.162 e. The third-order valence-corrected chi connectivity index (χ3v) is 3.72. The molecule has 0 aromatic carbocycles. The molecule has 0 atom stereocenters. The Hall–Kier alpha value is -1.62. The second-order valence-corrected chi connectivity index (χ2v) is 5.27. The minimum absolute atomic E-state index is 0.684. The van der Waals surface area contributed by atoms with Gasteiger partial charge in [-0.1, -0.05) is 18.5 Å². The average Bonchev–Trinajstić information content (AvgIpc) is 2.67. The molecule has 0 saturated carbocycles. The average molecular weight is 294 g/mol. The molecule has 108 valence electrons. The monoisotopic (exact) mass is 293 g/mol. The highest BCUT2D eigenvalue weighted by Crippen LogP contribution is 2.25. The summed E-state index contributed by atoms with van der Waals surface area (Å²) >= 11 is 6.22. The quantitative estimate of drug-likeness (QED) is 0.939. The van der Waals surface area contributed by atoms with E-state index in [9.17, 15) is 0 Å². The smallest absolute Gasteiger partial charge is 0.162 e. The van der Waals surface area contributed by atoms with Crippen molar-refractivity contribution in [1.82, 2.24) is 19.7 Å². The zero-order valence-electron chi connectivity index (χ0n) is 12.6. The second kappa shape index (κ2) is 5.79. The molecule has 0 amide bonds. The molecule has 0 unspecified atom stereocenters. The molecular weight excluding hydrogens is 274 g/mol. The highest BCUT2D eigenvalue weighted by molar-refractivity contribution is 6.31.